The predicted molar refractivity (Wildman–Crippen MR) is 58.3 cm³/mol. The molecule has 15 heavy (non-hydrogen) atoms. The Morgan fingerprint density at radius 3 is 3.07 bits per heavy atom. The molecule has 1 aromatic heterocycles. The van der Waals surface area contributed by atoms with Gasteiger partial charge in [-0.05, 0) is 24.3 Å². The zero-order valence-corrected chi connectivity index (χ0v) is 8.57. The molecule has 0 aliphatic heterocycles. The highest BCUT2D eigenvalue weighted by Gasteiger charge is 2.05. The van der Waals surface area contributed by atoms with Crippen LogP contribution in [-0.2, 0) is 4.79 Å². The Balaban J connectivity index is 2.56. The van der Waals surface area contributed by atoms with E-state index in [1.54, 1.807) is 24.4 Å². The minimum atomic E-state index is 0.0211. The maximum absolute atomic E-state index is 10.2. The number of hydrogen-bond donors (Lipinski definition) is 0. The zero-order valence-electron chi connectivity index (χ0n) is 7.81. The van der Waals surface area contributed by atoms with Crippen LogP contribution >= 0.6 is 11.6 Å². The van der Waals surface area contributed by atoms with Gasteiger partial charge in [-0.25, -0.2) is 0 Å². The second kappa shape index (κ2) is 4.28. The van der Waals surface area contributed by atoms with Crippen molar-refractivity contribution >= 4 is 28.8 Å². The van der Waals surface area contributed by atoms with Crippen molar-refractivity contribution in [2.24, 2.45) is 0 Å². The van der Waals surface area contributed by atoms with Crippen LogP contribution in [0.4, 0.5) is 0 Å². The molecule has 4 heteroatoms. The summed E-state index contributed by atoms with van der Waals surface area (Å²) in [6.07, 6.45) is 2.36. The second-order valence-electron chi connectivity index (χ2n) is 2.92. The van der Waals surface area contributed by atoms with E-state index in [0.29, 0.717) is 22.6 Å². The molecule has 0 aliphatic carbocycles. The van der Waals surface area contributed by atoms with Gasteiger partial charge in [0.05, 0.1) is 5.02 Å². The van der Waals surface area contributed by atoms with E-state index in [9.17, 15) is 4.79 Å². The molecule has 0 amide bonds. The van der Waals surface area contributed by atoms with Crippen LogP contribution < -0.4 is 4.74 Å². The molecule has 76 valence electrons. The first-order valence-electron chi connectivity index (χ1n) is 4.42. The minimum Gasteiger partial charge on any atom is -0.484 e. The Labute approximate surface area is 91.6 Å². The van der Waals surface area contributed by atoms with Crippen molar-refractivity contribution in [2.45, 2.75) is 0 Å². The standard InChI is InChI=1S/C11H8ClNO2/c12-9-3-4-10(15-7-6-14)11-8(9)2-1-5-13-11/h1-6H,7H2. The Morgan fingerprint density at radius 1 is 1.40 bits per heavy atom. The number of nitrogens with zero attached hydrogens (tertiary/aromatic N) is 1. The largest absolute Gasteiger partial charge is 0.484 e. The number of carbonyl (C=O) groups is 1. The summed E-state index contributed by atoms with van der Waals surface area (Å²) < 4.78 is 5.23. The molecule has 0 N–H and O–H groups in total. The lowest BCUT2D eigenvalue weighted by Crippen LogP contribution is -1.98. The number of benzene rings is 1. The summed E-state index contributed by atoms with van der Waals surface area (Å²) in [5.41, 5.74) is 0.673. The van der Waals surface area contributed by atoms with Crippen molar-refractivity contribution in [3.63, 3.8) is 0 Å². The number of carbonyl (C=O) groups excluding carboxylic acids is 1. The van der Waals surface area contributed by atoms with Crippen molar-refractivity contribution in [1.82, 2.24) is 4.98 Å². The van der Waals surface area contributed by atoms with Crippen LogP contribution in [0.1, 0.15) is 0 Å². The third-order valence-corrected chi connectivity index (χ3v) is 2.32. The number of pyridine rings is 1. The molecule has 1 aromatic carbocycles. The number of ether oxygens (including phenoxy) is 1. The Hall–Kier alpha value is -1.61. The van der Waals surface area contributed by atoms with Gasteiger partial charge in [0.15, 0.2) is 6.29 Å². The summed E-state index contributed by atoms with van der Waals surface area (Å²) in [5.74, 6) is 0.571. The smallest absolute Gasteiger partial charge is 0.157 e. The first-order chi connectivity index (χ1) is 7.33. The van der Waals surface area contributed by atoms with Gasteiger partial charge in [0.2, 0.25) is 0 Å². The van der Waals surface area contributed by atoms with Gasteiger partial charge in [-0.2, -0.15) is 0 Å². The van der Waals surface area contributed by atoms with E-state index in [2.05, 4.69) is 4.98 Å². The van der Waals surface area contributed by atoms with Crippen molar-refractivity contribution < 1.29 is 9.53 Å². The van der Waals surface area contributed by atoms with E-state index in [0.717, 1.165) is 5.39 Å². The molecule has 0 bridgehead atoms. The number of halogens is 1. The number of rotatable bonds is 3. The lowest BCUT2D eigenvalue weighted by Gasteiger charge is -2.06. The monoisotopic (exact) mass is 221 g/mol. The first-order valence-corrected chi connectivity index (χ1v) is 4.80. The van der Waals surface area contributed by atoms with Crippen LogP contribution in [0.2, 0.25) is 5.02 Å². The summed E-state index contributed by atoms with van der Waals surface area (Å²) in [7, 11) is 0. The molecule has 0 radical (unpaired) electrons. The van der Waals surface area contributed by atoms with Crippen molar-refractivity contribution in [1.29, 1.82) is 0 Å². The first kappa shape index (κ1) is 9.93. The van der Waals surface area contributed by atoms with Crippen LogP contribution in [0.15, 0.2) is 30.5 Å². The van der Waals surface area contributed by atoms with Crippen molar-refractivity contribution in [2.75, 3.05) is 6.61 Å². The molecule has 0 saturated carbocycles. The summed E-state index contributed by atoms with van der Waals surface area (Å²) in [5, 5.41) is 1.44. The molecule has 0 spiro atoms. The van der Waals surface area contributed by atoms with Crippen LogP contribution in [0.3, 0.4) is 0 Å². The molecular formula is C11H8ClNO2. The highest BCUT2D eigenvalue weighted by Crippen LogP contribution is 2.29. The van der Waals surface area contributed by atoms with Gasteiger partial charge in [0.1, 0.15) is 17.9 Å². The summed E-state index contributed by atoms with van der Waals surface area (Å²) in [6.45, 7) is 0.0211. The normalized spacial score (nSPS) is 10.2. The van der Waals surface area contributed by atoms with Crippen LogP contribution in [0.5, 0.6) is 5.75 Å². The SMILES string of the molecule is O=CCOc1ccc(Cl)c2cccnc12. The summed E-state index contributed by atoms with van der Waals surface area (Å²) in [6, 6.07) is 7.10. The Bertz CT molecular complexity index is 499. The molecule has 0 fully saturated rings. The molecule has 0 atom stereocenters. The Kier molecular flexibility index (Phi) is 2.83. The number of fused-ring (bicyclic) bond motifs is 1. The zero-order chi connectivity index (χ0) is 10.7. The van der Waals surface area contributed by atoms with Crippen molar-refractivity contribution in [3.8, 4) is 5.75 Å². The molecule has 0 aliphatic rings. The fourth-order valence-electron chi connectivity index (χ4n) is 1.35. The molecular weight excluding hydrogens is 214 g/mol. The molecule has 2 aromatic rings. The van der Waals surface area contributed by atoms with Gasteiger partial charge in [-0.3, -0.25) is 9.78 Å². The van der Waals surface area contributed by atoms with Gasteiger partial charge in [-0.1, -0.05) is 11.6 Å². The lowest BCUT2D eigenvalue weighted by atomic mass is 10.2. The lowest BCUT2D eigenvalue weighted by molar-refractivity contribution is -0.109. The molecule has 1 heterocycles. The van der Waals surface area contributed by atoms with Gasteiger partial charge in [0, 0.05) is 11.6 Å². The van der Waals surface area contributed by atoms with Crippen molar-refractivity contribution in [3.05, 3.63) is 35.5 Å². The number of aromatic nitrogens is 1. The minimum absolute atomic E-state index is 0.0211. The fourth-order valence-corrected chi connectivity index (χ4v) is 1.57. The van der Waals surface area contributed by atoms with E-state index < -0.39 is 0 Å². The van der Waals surface area contributed by atoms with Gasteiger partial charge < -0.3 is 4.74 Å². The van der Waals surface area contributed by atoms with Crippen LogP contribution in [0.25, 0.3) is 10.9 Å². The second-order valence-corrected chi connectivity index (χ2v) is 3.33. The highest BCUT2D eigenvalue weighted by atomic mass is 35.5. The van der Waals surface area contributed by atoms with E-state index in [1.807, 2.05) is 6.07 Å². The maximum Gasteiger partial charge on any atom is 0.157 e. The quantitative estimate of drug-likeness (QED) is 0.748. The van der Waals surface area contributed by atoms with Crippen LogP contribution in [-0.4, -0.2) is 17.9 Å². The topological polar surface area (TPSA) is 39.2 Å². The number of hydrogen-bond acceptors (Lipinski definition) is 3. The predicted octanol–water partition coefficient (Wildman–Crippen LogP) is 2.47. The van der Waals surface area contributed by atoms with E-state index in [4.69, 9.17) is 16.3 Å². The fraction of sp³-hybridized carbons (Fsp3) is 0.0909. The molecule has 0 saturated heterocycles. The van der Waals surface area contributed by atoms with E-state index in [-0.39, 0.29) is 6.61 Å². The Morgan fingerprint density at radius 2 is 2.27 bits per heavy atom. The average Bonchev–Trinajstić information content (AvgIpc) is 2.29. The summed E-state index contributed by atoms with van der Waals surface area (Å²) >= 11 is 6.00. The van der Waals surface area contributed by atoms with Gasteiger partial charge >= 0.3 is 0 Å². The third kappa shape index (κ3) is 1.92. The van der Waals surface area contributed by atoms with E-state index >= 15 is 0 Å². The highest BCUT2D eigenvalue weighted by molar-refractivity contribution is 6.35. The third-order valence-electron chi connectivity index (χ3n) is 1.99. The average molecular weight is 222 g/mol. The molecule has 0 unspecified atom stereocenters. The number of aldehydes is 1. The van der Waals surface area contributed by atoms with Gasteiger partial charge in [0.25, 0.3) is 0 Å². The summed E-state index contributed by atoms with van der Waals surface area (Å²) in [4.78, 5) is 14.4. The molecule has 3 nitrogen and oxygen atoms in total. The van der Waals surface area contributed by atoms with Crippen LogP contribution in [0, 0.1) is 0 Å². The molecule has 2 rings (SSSR count). The maximum atomic E-state index is 10.2. The van der Waals surface area contributed by atoms with E-state index in [1.165, 1.54) is 0 Å². The van der Waals surface area contributed by atoms with Gasteiger partial charge in [-0.15, -0.1) is 0 Å².